The first-order valence-electron chi connectivity index (χ1n) is 10.7. The van der Waals surface area contributed by atoms with Gasteiger partial charge in [-0.3, -0.25) is 9.78 Å². The number of hydrogen-bond acceptors (Lipinski definition) is 8. The Kier molecular flexibility index (Phi) is 6.98. The lowest BCUT2D eigenvalue weighted by Gasteiger charge is -2.30. The quantitative estimate of drug-likeness (QED) is 0.458. The predicted octanol–water partition coefficient (Wildman–Crippen LogP) is 4.31. The average Bonchev–Trinajstić information content (AvgIpc) is 3.33. The standard InChI is InChI=1S/C23H28N2O6S/c1-13-18(24-22(31-13)15-6-4-7-16(11-15)29-2)12-30-17-8-3-5-14(9-17)10-19(26)20-21(27)25-23(28)32-20/h4,6-7,11,14,17,19,26-27H,3,5,8-10,12H2,1-2H3,(H,25,28). The number of H-pyrrole nitrogens is 1. The molecule has 1 aliphatic carbocycles. The van der Waals surface area contributed by atoms with Gasteiger partial charge in [0.05, 0.1) is 30.8 Å². The lowest BCUT2D eigenvalue weighted by atomic mass is 9.83. The molecule has 3 N–H and O–H groups in total. The molecule has 1 aliphatic rings. The molecule has 1 saturated carbocycles. The summed E-state index contributed by atoms with van der Waals surface area (Å²) in [5, 5.41) is 20.2. The second kappa shape index (κ2) is 9.89. The molecule has 0 aliphatic heterocycles. The number of oxazole rings is 1. The van der Waals surface area contributed by atoms with E-state index in [1.54, 1.807) is 7.11 Å². The Morgan fingerprint density at radius 2 is 2.22 bits per heavy atom. The van der Waals surface area contributed by atoms with E-state index < -0.39 is 6.10 Å². The zero-order valence-corrected chi connectivity index (χ0v) is 19.0. The van der Waals surface area contributed by atoms with E-state index in [0.717, 1.165) is 59.8 Å². The van der Waals surface area contributed by atoms with Crippen LogP contribution >= 0.6 is 11.3 Å². The Morgan fingerprint density at radius 3 is 2.97 bits per heavy atom. The van der Waals surface area contributed by atoms with Crippen molar-refractivity contribution >= 4 is 11.3 Å². The number of nitrogens with one attached hydrogen (secondary N) is 1. The second-order valence-corrected chi connectivity index (χ2v) is 9.21. The minimum absolute atomic E-state index is 0.0656. The van der Waals surface area contributed by atoms with E-state index in [1.165, 1.54) is 0 Å². The summed E-state index contributed by atoms with van der Waals surface area (Å²) in [5.74, 6) is 2.03. The number of aromatic hydroxyl groups is 1. The van der Waals surface area contributed by atoms with Gasteiger partial charge in [-0.15, -0.1) is 0 Å². The van der Waals surface area contributed by atoms with Crippen LogP contribution in [0.1, 0.15) is 54.5 Å². The van der Waals surface area contributed by atoms with Crippen LogP contribution in [0.25, 0.3) is 11.5 Å². The van der Waals surface area contributed by atoms with Crippen molar-refractivity contribution in [1.29, 1.82) is 0 Å². The van der Waals surface area contributed by atoms with Crippen LogP contribution in [0.4, 0.5) is 0 Å². The molecule has 3 aromatic rings. The molecular formula is C23H28N2O6S. The molecule has 1 aromatic carbocycles. The first-order chi connectivity index (χ1) is 15.4. The van der Waals surface area contributed by atoms with E-state index in [1.807, 2.05) is 31.2 Å². The fourth-order valence-electron chi connectivity index (χ4n) is 4.23. The maximum atomic E-state index is 11.4. The number of aliphatic hydroxyl groups excluding tert-OH is 1. The minimum atomic E-state index is -0.856. The summed E-state index contributed by atoms with van der Waals surface area (Å²) in [6.07, 6.45) is 3.46. The van der Waals surface area contributed by atoms with E-state index in [0.29, 0.717) is 23.8 Å². The van der Waals surface area contributed by atoms with E-state index in [4.69, 9.17) is 13.9 Å². The molecule has 0 radical (unpaired) electrons. The number of aryl methyl sites for hydroxylation is 1. The van der Waals surface area contributed by atoms with Crippen molar-refractivity contribution in [3.05, 3.63) is 50.3 Å². The number of aromatic nitrogens is 2. The molecule has 9 heteroatoms. The van der Waals surface area contributed by atoms with Crippen molar-refractivity contribution in [1.82, 2.24) is 9.97 Å². The zero-order chi connectivity index (χ0) is 22.7. The Morgan fingerprint density at radius 1 is 1.38 bits per heavy atom. The molecule has 172 valence electrons. The number of ether oxygens (including phenoxy) is 2. The van der Waals surface area contributed by atoms with E-state index in [-0.39, 0.29) is 22.8 Å². The summed E-state index contributed by atoms with van der Waals surface area (Å²) in [6, 6.07) is 7.57. The van der Waals surface area contributed by atoms with Crippen LogP contribution in [-0.2, 0) is 11.3 Å². The molecule has 2 heterocycles. The average molecular weight is 461 g/mol. The lowest BCUT2D eigenvalue weighted by Crippen LogP contribution is -2.24. The predicted molar refractivity (Wildman–Crippen MR) is 120 cm³/mol. The zero-order valence-electron chi connectivity index (χ0n) is 18.2. The number of rotatable bonds is 8. The van der Waals surface area contributed by atoms with E-state index in [9.17, 15) is 15.0 Å². The molecule has 8 nitrogen and oxygen atoms in total. The van der Waals surface area contributed by atoms with Crippen LogP contribution in [0.2, 0.25) is 0 Å². The highest BCUT2D eigenvalue weighted by molar-refractivity contribution is 7.09. The summed E-state index contributed by atoms with van der Waals surface area (Å²) < 4.78 is 17.3. The summed E-state index contributed by atoms with van der Waals surface area (Å²) in [7, 11) is 1.62. The van der Waals surface area contributed by atoms with Crippen molar-refractivity contribution in [3.63, 3.8) is 0 Å². The van der Waals surface area contributed by atoms with Gasteiger partial charge in [0.1, 0.15) is 17.2 Å². The number of hydrogen-bond donors (Lipinski definition) is 3. The van der Waals surface area contributed by atoms with E-state index >= 15 is 0 Å². The molecule has 3 atom stereocenters. The molecule has 0 saturated heterocycles. The van der Waals surface area contributed by atoms with Gasteiger partial charge in [-0.2, -0.15) is 0 Å². The van der Waals surface area contributed by atoms with Gasteiger partial charge >= 0.3 is 4.87 Å². The Bertz CT molecular complexity index is 1100. The van der Waals surface area contributed by atoms with E-state index in [2.05, 4.69) is 9.97 Å². The van der Waals surface area contributed by atoms with Gasteiger partial charge in [-0.25, -0.2) is 4.98 Å². The topological polar surface area (TPSA) is 118 Å². The number of aliphatic hydroxyl groups is 1. The fourth-order valence-corrected chi connectivity index (χ4v) is 4.95. The first-order valence-corrected chi connectivity index (χ1v) is 11.6. The van der Waals surface area contributed by atoms with Gasteiger partial charge in [-0.05, 0) is 50.3 Å². The highest BCUT2D eigenvalue weighted by Crippen LogP contribution is 2.36. The molecule has 0 amide bonds. The molecule has 3 unspecified atom stereocenters. The van der Waals surface area contributed by atoms with Crippen LogP contribution in [0.5, 0.6) is 11.6 Å². The minimum Gasteiger partial charge on any atom is -0.497 e. The Hall–Kier alpha value is -2.62. The third-order valence-corrected chi connectivity index (χ3v) is 6.89. The van der Waals surface area contributed by atoms with Gasteiger partial charge in [0.2, 0.25) is 11.8 Å². The van der Waals surface area contributed by atoms with Gasteiger partial charge < -0.3 is 24.1 Å². The third-order valence-electron chi connectivity index (χ3n) is 5.92. The number of methoxy groups -OCH3 is 1. The SMILES string of the molecule is COc1cccc(-c2nc(COC3CCCC(CC(O)c4sc(=O)[nH]c4O)C3)c(C)o2)c1. The van der Waals surface area contributed by atoms with Gasteiger partial charge in [0, 0.05) is 5.56 Å². The number of thiazole rings is 1. The van der Waals surface area contributed by atoms with Gasteiger partial charge in [0.25, 0.3) is 0 Å². The molecule has 32 heavy (non-hydrogen) atoms. The van der Waals surface area contributed by atoms with Crippen LogP contribution in [-0.4, -0.2) is 33.4 Å². The molecule has 2 aromatic heterocycles. The fraction of sp³-hybridized carbons (Fsp3) is 0.478. The maximum Gasteiger partial charge on any atom is 0.307 e. The third kappa shape index (κ3) is 5.23. The Balaban J connectivity index is 1.34. The number of nitrogens with zero attached hydrogens (tertiary/aromatic N) is 1. The Labute approximate surface area is 189 Å². The summed E-state index contributed by atoms with van der Waals surface area (Å²) in [6.45, 7) is 2.24. The van der Waals surface area contributed by atoms with Crippen LogP contribution in [0, 0.1) is 12.8 Å². The summed E-state index contributed by atoms with van der Waals surface area (Å²) >= 11 is 0.855. The molecule has 1 fully saturated rings. The lowest BCUT2D eigenvalue weighted by molar-refractivity contribution is -0.00718. The monoisotopic (exact) mass is 460 g/mol. The van der Waals surface area contributed by atoms with Crippen LogP contribution < -0.4 is 9.61 Å². The van der Waals surface area contributed by atoms with Crippen molar-refractivity contribution < 1.29 is 24.1 Å². The normalized spacial score (nSPS) is 19.7. The highest BCUT2D eigenvalue weighted by Gasteiger charge is 2.27. The first kappa shape index (κ1) is 22.6. The van der Waals surface area contributed by atoms with Crippen molar-refractivity contribution in [2.24, 2.45) is 5.92 Å². The van der Waals surface area contributed by atoms with Gasteiger partial charge in [0.15, 0.2) is 0 Å². The second-order valence-electron chi connectivity index (χ2n) is 8.20. The highest BCUT2D eigenvalue weighted by atomic mass is 32.1. The van der Waals surface area contributed by atoms with Crippen molar-refractivity contribution in [2.75, 3.05) is 7.11 Å². The largest absolute Gasteiger partial charge is 0.497 e. The molecule has 0 spiro atoms. The number of aromatic amines is 1. The molecule has 0 bridgehead atoms. The summed E-state index contributed by atoms with van der Waals surface area (Å²) in [4.78, 5) is 18.2. The van der Waals surface area contributed by atoms with Gasteiger partial charge in [-0.1, -0.05) is 30.2 Å². The molecule has 4 rings (SSSR count). The van der Waals surface area contributed by atoms with Crippen LogP contribution in [0.3, 0.4) is 0 Å². The number of benzene rings is 1. The smallest absolute Gasteiger partial charge is 0.307 e. The van der Waals surface area contributed by atoms with Crippen molar-refractivity contribution in [3.8, 4) is 23.1 Å². The van der Waals surface area contributed by atoms with Crippen molar-refractivity contribution in [2.45, 2.75) is 57.8 Å². The molecular weight excluding hydrogens is 432 g/mol. The van der Waals surface area contributed by atoms with Crippen LogP contribution in [0.15, 0.2) is 33.5 Å². The maximum absolute atomic E-state index is 11.4. The summed E-state index contributed by atoms with van der Waals surface area (Å²) in [5.41, 5.74) is 1.62.